The van der Waals surface area contributed by atoms with E-state index in [4.69, 9.17) is 0 Å². The van der Waals surface area contributed by atoms with E-state index in [0.717, 1.165) is 28.5 Å². The summed E-state index contributed by atoms with van der Waals surface area (Å²) >= 11 is 0. The lowest BCUT2D eigenvalue weighted by Crippen LogP contribution is -2.00. The molecule has 100 valence electrons. The van der Waals surface area contributed by atoms with Gasteiger partial charge in [-0.3, -0.25) is 4.98 Å². The van der Waals surface area contributed by atoms with E-state index in [1.807, 2.05) is 42.5 Å². The molecule has 2 aromatic carbocycles. The first-order valence-electron chi connectivity index (χ1n) is 6.89. The third-order valence-corrected chi connectivity index (χ3v) is 3.63. The van der Waals surface area contributed by atoms with Crippen LogP contribution in [0.5, 0.6) is 0 Å². The normalized spacial score (nSPS) is 12.5. The van der Waals surface area contributed by atoms with E-state index in [0.29, 0.717) is 0 Å². The van der Waals surface area contributed by atoms with Crippen molar-refractivity contribution in [2.75, 3.05) is 0 Å². The third kappa shape index (κ3) is 2.43. The fourth-order valence-corrected chi connectivity index (χ4v) is 2.37. The minimum absolute atomic E-state index is 0.627. The zero-order valence-corrected chi connectivity index (χ0v) is 11.5. The summed E-state index contributed by atoms with van der Waals surface area (Å²) in [6, 6.07) is 18.0. The van der Waals surface area contributed by atoms with Gasteiger partial charge in [0.25, 0.3) is 0 Å². The van der Waals surface area contributed by atoms with Crippen LogP contribution in [0.4, 0.5) is 0 Å². The zero-order valence-electron chi connectivity index (χ0n) is 11.5. The van der Waals surface area contributed by atoms with E-state index < -0.39 is 6.10 Å². The van der Waals surface area contributed by atoms with E-state index in [-0.39, 0.29) is 0 Å². The summed E-state index contributed by atoms with van der Waals surface area (Å²) in [6.45, 7) is 2.12. The first-order valence-corrected chi connectivity index (χ1v) is 6.89. The standard InChI is InChI=1S/C18H17NO/c1-2-13-7-9-14(10-8-13)18(20)16-11-15-5-3-4-6-17(15)19-12-16/h3-12,18,20H,2H2,1H3. The van der Waals surface area contributed by atoms with Gasteiger partial charge in [0.1, 0.15) is 6.10 Å². The van der Waals surface area contributed by atoms with E-state index >= 15 is 0 Å². The largest absolute Gasteiger partial charge is 0.384 e. The number of hydrogen-bond acceptors (Lipinski definition) is 2. The van der Waals surface area contributed by atoms with Gasteiger partial charge in [-0.25, -0.2) is 0 Å². The molecule has 0 aliphatic carbocycles. The van der Waals surface area contributed by atoms with Crippen molar-refractivity contribution in [3.63, 3.8) is 0 Å². The van der Waals surface area contributed by atoms with Gasteiger partial charge in [-0.05, 0) is 29.7 Å². The number of nitrogens with zero attached hydrogens (tertiary/aromatic N) is 1. The van der Waals surface area contributed by atoms with Gasteiger partial charge in [-0.1, -0.05) is 49.4 Å². The van der Waals surface area contributed by atoms with Crippen molar-refractivity contribution < 1.29 is 5.11 Å². The number of rotatable bonds is 3. The molecule has 0 bridgehead atoms. The van der Waals surface area contributed by atoms with Gasteiger partial charge in [0, 0.05) is 17.1 Å². The lowest BCUT2D eigenvalue weighted by Gasteiger charge is -2.12. The average molecular weight is 263 g/mol. The Kier molecular flexibility index (Phi) is 3.48. The van der Waals surface area contributed by atoms with Crippen molar-refractivity contribution in [1.82, 2.24) is 4.98 Å². The summed E-state index contributed by atoms with van der Waals surface area (Å²) < 4.78 is 0. The number of pyridine rings is 1. The number of aromatic nitrogens is 1. The topological polar surface area (TPSA) is 33.1 Å². The number of aliphatic hydroxyl groups excluding tert-OH is 1. The molecule has 3 rings (SSSR count). The van der Waals surface area contributed by atoms with Crippen LogP contribution in [0.15, 0.2) is 60.8 Å². The molecule has 20 heavy (non-hydrogen) atoms. The quantitative estimate of drug-likeness (QED) is 0.778. The predicted molar refractivity (Wildman–Crippen MR) is 81.6 cm³/mol. The van der Waals surface area contributed by atoms with Crippen LogP contribution in [0.25, 0.3) is 10.9 Å². The van der Waals surface area contributed by atoms with Crippen LogP contribution in [-0.2, 0) is 6.42 Å². The molecule has 0 aliphatic rings. The number of para-hydroxylation sites is 1. The first-order chi connectivity index (χ1) is 9.78. The van der Waals surface area contributed by atoms with Gasteiger partial charge in [0.15, 0.2) is 0 Å². The summed E-state index contributed by atoms with van der Waals surface area (Å²) in [5, 5.41) is 11.5. The van der Waals surface area contributed by atoms with Crippen LogP contribution >= 0.6 is 0 Å². The van der Waals surface area contributed by atoms with E-state index in [9.17, 15) is 5.11 Å². The average Bonchev–Trinajstić information content (AvgIpc) is 2.54. The fourth-order valence-electron chi connectivity index (χ4n) is 2.37. The van der Waals surface area contributed by atoms with Crippen LogP contribution in [-0.4, -0.2) is 10.1 Å². The molecule has 0 radical (unpaired) electrons. The van der Waals surface area contributed by atoms with Gasteiger partial charge >= 0.3 is 0 Å². The van der Waals surface area contributed by atoms with Crippen LogP contribution in [0.3, 0.4) is 0 Å². The van der Waals surface area contributed by atoms with Gasteiger partial charge in [0.05, 0.1) is 5.52 Å². The highest BCUT2D eigenvalue weighted by atomic mass is 16.3. The number of hydrogen-bond donors (Lipinski definition) is 1. The van der Waals surface area contributed by atoms with E-state index in [2.05, 4.69) is 24.0 Å². The molecule has 1 N–H and O–H groups in total. The summed E-state index contributed by atoms with van der Waals surface area (Å²) in [5.41, 5.74) is 3.95. The Hall–Kier alpha value is -2.19. The number of aliphatic hydroxyl groups is 1. The second-order valence-corrected chi connectivity index (χ2v) is 4.96. The van der Waals surface area contributed by atoms with Crippen molar-refractivity contribution in [2.45, 2.75) is 19.4 Å². The van der Waals surface area contributed by atoms with Crippen molar-refractivity contribution in [2.24, 2.45) is 0 Å². The highest BCUT2D eigenvalue weighted by Crippen LogP contribution is 2.24. The lowest BCUT2D eigenvalue weighted by atomic mass is 10.00. The Balaban J connectivity index is 1.96. The summed E-state index contributed by atoms with van der Waals surface area (Å²) in [6.07, 6.45) is 2.13. The molecule has 0 spiro atoms. The van der Waals surface area contributed by atoms with Crippen molar-refractivity contribution in [3.8, 4) is 0 Å². The summed E-state index contributed by atoms with van der Waals surface area (Å²) in [7, 11) is 0. The second kappa shape index (κ2) is 5.43. The maximum Gasteiger partial charge on any atom is 0.106 e. The Labute approximate surface area is 118 Å². The number of aryl methyl sites for hydroxylation is 1. The number of fused-ring (bicyclic) bond motifs is 1. The van der Waals surface area contributed by atoms with Crippen LogP contribution in [0.1, 0.15) is 29.7 Å². The maximum atomic E-state index is 10.5. The molecule has 0 fully saturated rings. The molecular formula is C18H17NO. The van der Waals surface area contributed by atoms with Gasteiger partial charge in [0.2, 0.25) is 0 Å². The Bertz CT molecular complexity index is 719. The summed E-state index contributed by atoms with van der Waals surface area (Å²) in [5.74, 6) is 0. The molecule has 1 atom stereocenters. The van der Waals surface area contributed by atoms with Gasteiger partial charge in [-0.15, -0.1) is 0 Å². The molecule has 0 saturated heterocycles. The lowest BCUT2D eigenvalue weighted by molar-refractivity contribution is 0.220. The van der Waals surface area contributed by atoms with E-state index in [1.54, 1.807) is 6.20 Å². The molecule has 2 heteroatoms. The fraction of sp³-hybridized carbons (Fsp3) is 0.167. The highest BCUT2D eigenvalue weighted by molar-refractivity contribution is 5.78. The predicted octanol–water partition coefficient (Wildman–Crippen LogP) is 3.88. The Morgan fingerprint density at radius 3 is 2.50 bits per heavy atom. The Morgan fingerprint density at radius 2 is 1.75 bits per heavy atom. The van der Waals surface area contributed by atoms with Crippen molar-refractivity contribution in [3.05, 3.63) is 77.5 Å². The molecule has 0 saturated carbocycles. The zero-order chi connectivity index (χ0) is 13.9. The molecule has 1 heterocycles. The minimum Gasteiger partial charge on any atom is -0.384 e. The molecule has 0 aliphatic heterocycles. The SMILES string of the molecule is CCc1ccc(C(O)c2cnc3ccccc3c2)cc1. The maximum absolute atomic E-state index is 10.5. The molecular weight excluding hydrogens is 246 g/mol. The van der Waals surface area contributed by atoms with Crippen LogP contribution in [0, 0.1) is 0 Å². The van der Waals surface area contributed by atoms with E-state index in [1.165, 1.54) is 5.56 Å². The summed E-state index contributed by atoms with van der Waals surface area (Å²) in [4.78, 5) is 4.40. The molecule has 1 unspecified atom stereocenters. The molecule has 2 nitrogen and oxygen atoms in total. The molecule has 0 amide bonds. The number of benzene rings is 2. The second-order valence-electron chi connectivity index (χ2n) is 4.96. The monoisotopic (exact) mass is 263 g/mol. The van der Waals surface area contributed by atoms with Gasteiger partial charge < -0.3 is 5.11 Å². The van der Waals surface area contributed by atoms with Crippen LogP contribution in [0.2, 0.25) is 0 Å². The molecule has 1 aromatic heterocycles. The first kappa shape index (κ1) is 12.8. The van der Waals surface area contributed by atoms with Crippen molar-refractivity contribution in [1.29, 1.82) is 0 Å². The Morgan fingerprint density at radius 1 is 1.00 bits per heavy atom. The third-order valence-electron chi connectivity index (χ3n) is 3.63. The minimum atomic E-state index is -0.627. The molecule has 3 aromatic rings. The highest BCUT2D eigenvalue weighted by Gasteiger charge is 2.11. The van der Waals surface area contributed by atoms with Crippen LogP contribution < -0.4 is 0 Å². The van der Waals surface area contributed by atoms with Crippen molar-refractivity contribution >= 4 is 10.9 Å². The smallest absolute Gasteiger partial charge is 0.106 e. The van der Waals surface area contributed by atoms with Gasteiger partial charge in [-0.2, -0.15) is 0 Å².